The van der Waals surface area contributed by atoms with E-state index in [4.69, 9.17) is 5.73 Å². The van der Waals surface area contributed by atoms with Crippen molar-refractivity contribution in [3.63, 3.8) is 0 Å². The van der Waals surface area contributed by atoms with Gasteiger partial charge in [0.15, 0.2) is 5.78 Å². The van der Waals surface area contributed by atoms with Gasteiger partial charge in [-0.2, -0.15) is 0 Å². The standard InChI is InChI=1S/C12H16BrNO/c1-12(2,14)8-7-11(15)9-5-3-4-6-10(9)13/h3-6H,7-8,14H2,1-2H3. The molecule has 2 N–H and O–H groups in total. The van der Waals surface area contributed by atoms with E-state index in [0.29, 0.717) is 12.8 Å². The number of Topliss-reactive ketones (excluding diaryl/α,β-unsaturated/α-hetero) is 1. The monoisotopic (exact) mass is 269 g/mol. The van der Waals surface area contributed by atoms with E-state index < -0.39 is 0 Å². The van der Waals surface area contributed by atoms with Crippen LogP contribution >= 0.6 is 15.9 Å². The molecule has 15 heavy (non-hydrogen) atoms. The molecule has 0 spiro atoms. The summed E-state index contributed by atoms with van der Waals surface area (Å²) in [5, 5.41) is 0. The van der Waals surface area contributed by atoms with E-state index in [9.17, 15) is 4.79 Å². The highest BCUT2D eigenvalue weighted by atomic mass is 79.9. The summed E-state index contributed by atoms with van der Waals surface area (Å²) in [5.41, 5.74) is 6.29. The molecule has 2 nitrogen and oxygen atoms in total. The number of hydrogen-bond donors (Lipinski definition) is 1. The average molecular weight is 270 g/mol. The molecular weight excluding hydrogens is 254 g/mol. The van der Waals surface area contributed by atoms with Crippen molar-refractivity contribution < 1.29 is 4.79 Å². The van der Waals surface area contributed by atoms with Crippen LogP contribution in [0.2, 0.25) is 0 Å². The van der Waals surface area contributed by atoms with Crippen molar-refractivity contribution >= 4 is 21.7 Å². The Morgan fingerprint density at radius 2 is 2.00 bits per heavy atom. The number of nitrogens with two attached hydrogens (primary N) is 1. The first-order valence-corrected chi connectivity index (χ1v) is 5.76. The third-order valence-electron chi connectivity index (χ3n) is 2.17. The second-order valence-corrected chi connectivity index (χ2v) is 5.25. The van der Waals surface area contributed by atoms with Crippen molar-refractivity contribution in [1.29, 1.82) is 0 Å². The lowest BCUT2D eigenvalue weighted by Crippen LogP contribution is -2.32. The number of carbonyl (C=O) groups is 1. The summed E-state index contributed by atoms with van der Waals surface area (Å²) >= 11 is 3.37. The highest BCUT2D eigenvalue weighted by Crippen LogP contribution is 2.19. The Morgan fingerprint density at radius 1 is 1.40 bits per heavy atom. The van der Waals surface area contributed by atoms with E-state index in [0.717, 1.165) is 10.0 Å². The molecular formula is C12H16BrNO. The summed E-state index contributed by atoms with van der Waals surface area (Å²) in [6, 6.07) is 7.47. The maximum absolute atomic E-state index is 11.8. The molecule has 0 heterocycles. The number of benzene rings is 1. The molecule has 1 rings (SSSR count). The Hall–Kier alpha value is -0.670. The predicted molar refractivity (Wildman–Crippen MR) is 66.0 cm³/mol. The fourth-order valence-corrected chi connectivity index (χ4v) is 1.76. The van der Waals surface area contributed by atoms with Crippen LogP contribution in [0, 0.1) is 0 Å². The van der Waals surface area contributed by atoms with Crippen molar-refractivity contribution in [2.45, 2.75) is 32.2 Å². The zero-order valence-electron chi connectivity index (χ0n) is 9.09. The van der Waals surface area contributed by atoms with Gasteiger partial charge in [0.1, 0.15) is 0 Å². The van der Waals surface area contributed by atoms with Gasteiger partial charge in [0, 0.05) is 22.0 Å². The number of ketones is 1. The molecule has 0 fully saturated rings. The zero-order chi connectivity index (χ0) is 11.5. The van der Waals surface area contributed by atoms with Crippen LogP contribution in [0.4, 0.5) is 0 Å². The molecule has 0 atom stereocenters. The summed E-state index contributed by atoms with van der Waals surface area (Å²) < 4.78 is 0.852. The maximum atomic E-state index is 11.8. The summed E-state index contributed by atoms with van der Waals surface area (Å²) in [7, 11) is 0. The fraction of sp³-hybridized carbons (Fsp3) is 0.417. The smallest absolute Gasteiger partial charge is 0.164 e. The molecule has 0 bridgehead atoms. The second kappa shape index (κ2) is 4.90. The lowest BCUT2D eigenvalue weighted by atomic mass is 9.96. The molecule has 0 aliphatic heterocycles. The van der Waals surface area contributed by atoms with Crippen LogP contribution in [-0.4, -0.2) is 11.3 Å². The van der Waals surface area contributed by atoms with Crippen LogP contribution in [0.5, 0.6) is 0 Å². The van der Waals surface area contributed by atoms with Crippen molar-refractivity contribution in [3.8, 4) is 0 Å². The van der Waals surface area contributed by atoms with Gasteiger partial charge in [-0.25, -0.2) is 0 Å². The molecule has 0 aliphatic rings. The minimum Gasteiger partial charge on any atom is -0.326 e. The third kappa shape index (κ3) is 4.14. The van der Waals surface area contributed by atoms with Crippen LogP contribution in [0.1, 0.15) is 37.0 Å². The van der Waals surface area contributed by atoms with Gasteiger partial charge < -0.3 is 5.73 Å². The van der Waals surface area contributed by atoms with E-state index in [1.54, 1.807) is 0 Å². The van der Waals surface area contributed by atoms with E-state index in [-0.39, 0.29) is 11.3 Å². The summed E-state index contributed by atoms with van der Waals surface area (Å²) in [6.07, 6.45) is 1.19. The molecule has 82 valence electrons. The van der Waals surface area contributed by atoms with Crippen LogP contribution in [-0.2, 0) is 0 Å². The largest absolute Gasteiger partial charge is 0.326 e. The van der Waals surface area contributed by atoms with Crippen LogP contribution in [0.25, 0.3) is 0 Å². The molecule has 0 saturated heterocycles. The number of carbonyl (C=O) groups excluding carboxylic acids is 1. The molecule has 0 amide bonds. The molecule has 0 aliphatic carbocycles. The van der Waals surface area contributed by atoms with Crippen LogP contribution in [0.3, 0.4) is 0 Å². The van der Waals surface area contributed by atoms with E-state index in [2.05, 4.69) is 15.9 Å². The number of halogens is 1. The van der Waals surface area contributed by atoms with Gasteiger partial charge in [-0.15, -0.1) is 0 Å². The van der Waals surface area contributed by atoms with Gasteiger partial charge in [0.25, 0.3) is 0 Å². The number of hydrogen-bond acceptors (Lipinski definition) is 2. The molecule has 3 heteroatoms. The van der Waals surface area contributed by atoms with Crippen molar-refractivity contribution in [3.05, 3.63) is 34.3 Å². The number of rotatable bonds is 4. The van der Waals surface area contributed by atoms with Gasteiger partial charge in [-0.05, 0) is 26.3 Å². The molecule has 0 unspecified atom stereocenters. The van der Waals surface area contributed by atoms with Crippen molar-refractivity contribution in [1.82, 2.24) is 0 Å². The van der Waals surface area contributed by atoms with E-state index in [1.807, 2.05) is 38.1 Å². The topological polar surface area (TPSA) is 43.1 Å². The Kier molecular flexibility index (Phi) is 4.05. The summed E-state index contributed by atoms with van der Waals surface area (Å²) in [6.45, 7) is 3.86. The maximum Gasteiger partial charge on any atom is 0.164 e. The Balaban J connectivity index is 2.66. The zero-order valence-corrected chi connectivity index (χ0v) is 10.7. The predicted octanol–water partition coefficient (Wildman–Crippen LogP) is 3.15. The van der Waals surface area contributed by atoms with Gasteiger partial charge in [-0.3, -0.25) is 4.79 Å². The van der Waals surface area contributed by atoms with Crippen LogP contribution in [0.15, 0.2) is 28.7 Å². The molecule has 1 aromatic carbocycles. The fourth-order valence-electron chi connectivity index (χ4n) is 1.26. The quantitative estimate of drug-likeness (QED) is 0.854. The first-order valence-electron chi connectivity index (χ1n) is 4.97. The van der Waals surface area contributed by atoms with E-state index in [1.165, 1.54) is 0 Å². The van der Waals surface area contributed by atoms with Crippen LogP contribution < -0.4 is 5.73 Å². The molecule has 1 aromatic rings. The third-order valence-corrected chi connectivity index (χ3v) is 2.86. The minimum atomic E-state index is -0.281. The lowest BCUT2D eigenvalue weighted by Gasteiger charge is -2.17. The Morgan fingerprint density at radius 3 is 2.53 bits per heavy atom. The van der Waals surface area contributed by atoms with Gasteiger partial charge in [-0.1, -0.05) is 34.1 Å². The molecule has 0 aromatic heterocycles. The van der Waals surface area contributed by atoms with Gasteiger partial charge in [0.05, 0.1) is 0 Å². The van der Waals surface area contributed by atoms with Crippen molar-refractivity contribution in [2.24, 2.45) is 5.73 Å². The second-order valence-electron chi connectivity index (χ2n) is 4.39. The Bertz CT molecular complexity index is 355. The average Bonchev–Trinajstić information content (AvgIpc) is 2.14. The highest BCUT2D eigenvalue weighted by molar-refractivity contribution is 9.10. The first-order chi connectivity index (χ1) is 6.90. The van der Waals surface area contributed by atoms with Gasteiger partial charge >= 0.3 is 0 Å². The Labute approximate surface area is 99.0 Å². The highest BCUT2D eigenvalue weighted by Gasteiger charge is 2.15. The SMILES string of the molecule is CC(C)(N)CCC(=O)c1ccccc1Br. The summed E-state index contributed by atoms with van der Waals surface area (Å²) in [5.74, 6) is 0.140. The normalized spacial score (nSPS) is 11.5. The summed E-state index contributed by atoms with van der Waals surface area (Å²) in [4.78, 5) is 11.8. The molecule has 0 radical (unpaired) electrons. The lowest BCUT2D eigenvalue weighted by molar-refractivity contribution is 0.0972. The molecule has 0 saturated carbocycles. The first kappa shape index (κ1) is 12.4. The van der Waals surface area contributed by atoms with Gasteiger partial charge in [0.2, 0.25) is 0 Å². The van der Waals surface area contributed by atoms with Crippen molar-refractivity contribution in [2.75, 3.05) is 0 Å². The minimum absolute atomic E-state index is 0.140. The van der Waals surface area contributed by atoms with E-state index >= 15 is 0 Å².